The molecule has 2 N–H and O–H groups in total. The van der Waals surface area contributed by atoms with E-state index in [1.165, 1.54) is 6.20 Å². The fourth-order valence-electron chi connectivity index (χ4n) is 2.27. The molecule has 114 valence electrons. The fraction of sp³-hybridized carbons (Fsp3) is 0.0556. The third-order valence-corrected chi connectivity index (χ3v) is 3.43. The van der Waals surface area contributed by atoms with Crippen molar-refractivity contribution in [3.05, 3.63) is 89.5 Å². The van der Waals surface area contributed by atoms with Gasteiger partial charge in [0.05, 0.1) is 5.56 Å². The van der Waals surface area contributed by atoms with Gasteiger partial charge in [-0.1, -0.05) is 48.5 Å². The van der Waals surface area contributed by atoms with Crippen LogP contribution in [-0.4, -0.2) is 21.7 Å². The van der Waals surface area contributed by atoms with E-state index in [0.29, 0.717) is 17.7 Å². The summed E-state index contributed by atoms with van der Waals surface area (Å²) in [5.41, 5.74) is 1.66. The Labute approximate surface area is 133 Å². The number of aromatic nitrogens is 2. The van der Waals surface area contributed by atoms with Gasteiger partial charge in [-0.15, -0.1) is 0 Å². The van der Waals surface area contributed by atoms with Crippen LogP contribution in [0.1, 0.15) is 32.1 Å². The van der Waals surface area contributed by atoms with Gasteiger partial charge in [-0.25, -0.2) is 4.98 Å². The highest BCUT2D eigenvalue weighted by Crippen LogP contribution is 2.13. The van der Waals surface area contributed by atoms with Crippen molar-refractivity contribution in [1.29, 1.82) is 0 Å². The summed E-state index contributed by atoms with van der Waals surface area (Å²) in [6.45, 7) is 0.406. The van der Waals surface area contributed by atoms with Crippen molar-refractivity contribution in [2.75, 3.05) is 0 Å². The summed E-state index contributed by atoms with van der Waals surface area (Å²) in [5, 5.41) is 2.83. The molecular weight excluding hydrogens is 290 g/mol. The van der Waals surface area contributed by atoms with Gasteiger partial charge in [0.1, 0.15) is 0 Å². The molecule has 0 aliphatic carbocycles. The number of carbonyl (C=O) groups is 2. The van der Waals surface area contributed by atoms with Crippen molar-refractivity contribution in [2.24, 2.45) is 0 Å². The number of benzene rings is 2. The second-order valence-electron chi connectivity index (χ2n) is 4.98. The minimum atomic E-state index is -0.305. The number of aromatic amines is 1. The van der Waals surface area contributed by atoms with Gasteiger partial charge in [-0.05, 0) is 11.6 Å². The molecule has 0 bridgehead atoms. The lowest BCUT2D eigenvalue weighted by Crippen LogP contribution is -2.25. The van der Waals surface area contributed by atoms with Crippen LogP contribution in [0, 0.1) is 0 Å². The van der Waals surface area contributed by atoms with Crippen molar-refractivity contribution in [3.63, 3.8) is 0 Å². The van der Waals surface area contributed by atoms with Gasteiger partial charge in [0.25, 0.3) is 5.91 Å². The van der Waals surface area contributed by atoms with Gasteiger partial charge in [-0.3, -0.25) is 9.59 Å². The van der Waals surface area contributed by atoms with Gasteiger partial charge < -0.3 is 10.3 Å². The first-order valence-corrected chi connectivity index (χ1v) is 7.21. The highest BCUT2D eigenvalue weighted by molar-refractivity contribution is 6.13. The molecule has 0 saturated carbocycles. The molecule has 5 nitrogen and oxygen atoms in total. The zero-order valence-corrected chi connectivity index (χ0v) is 12.3. The van der Waals surface area contributed by atoms with E-state index in [9.17, 15) is 9.59 Å². The predicted molar refractivity (Wildman–Crippen MR) is 86.1 cm³/mol. The average molecular weight is 305 g/mol. The van der Waals surface area contributed by atoms with Crippen molar-refractivity contribution in [2.45, 2.75) is 6.54 Å². The summed E-state index contributed by atoms with van der Waals surface area (Å²) in [4.78, 5) is 31.6. The first-order valence-electron chi connectivity index (χ1n) is 7.21. The minimum absolute atomic E-state index is 0.216. The highest BCUT2D eigenvalue weighted by atomic mass is 16.2. The van der Waals surface area contributed by atoms with Gasteiger partial charge >= 0.3 is 0 Å². The number of hydrogen-bond acceptors (Lipinski definition) is 3. The molecular formula is C18H15N3O2. The first-order chi connectivity index (χ1) is 11.3. The molecule has 0 spiro atoms. The Kier molecular flexibility index (Phi) is 4.29. The van der Waals surface area contributed by atoms with Crippen molar-refractivity contribution in [1.82, 2.24) is 15.3 Å². The molecule has 0 atom stereocenters. The van der Waals surface area contributed by atoms with E-state index >= 15 is 0 Å². The van der Waals surface area contributed by atoms with Crippen LogP contribution in [0.15, 0.2) is 67.0 Å². The second kappa shape index (κ2) is 6.70. The molecule has 0 aliphatic heterocycles. The van der Waals surface area contributed by atoms with Crippen LogP contribution in [0.25, 0.3) is 0 Å². The van der Waals surface area contributed by atoms with Crippen LogP contribution in [0.5, 0.6) is 0 Å². The molecule has 1 aromatic heterocycles. The number of imidazole rings is 1. The Bertz CT molecular complexity index is 811. The van der Waals surface area contributed by atoms with Gasteiger partial charge in [0, 0.05) is 24.5 Å². The summed E-state index contributed by atoms with van der Waals surface area (Å²) in [5.74, 6) is -0.377. The average Bonchev–Trinajstić information content (AvgIpc) is 3.14. The number of rotatable bonds is 5. The fourth-order valence-corrected chi connectivity index (χ4v) is 2.27. The van der Waals surface area contributed by atoms with Crippen LogP contribution in [0.2, 0.25) is 0 Å². The van der Waals surface area contributed by atoms with Crippen molar-refractivity contribution in [3.8, 4) is 0 Å². The minimum Gasteiger partial charge on any atom is -0.348 e. The number of ketones is 1. The maximum absolute atomic E-state index is 12.4. The van der Waals surface area contributed by atoms with Crippen LogP contribution in [-0.2, 0) is 6.54 Å². The lowest BCUT2D eigenvalue weighted by atomic mass is 10.0. The van der Waals surface area contributed by atoms with Gasteiger partial charge in [0.2, 0.25) is 5.78 Å². The van der Waals surface area contributed by atoms with Crippen molar-refractivity contribution < 1.29 is 9.59 Å². The van der Waals surface area contributed by atoms with Crippen LogP contribution in [0.4, 0.5) is 0 Å². The number of carbonyl (C=O) groups excluding carboxylic acids is 2. The van der Waals surface area contributed by atoms with Crippen LogP contribution < -0.4 is 5.32 Å². The number of nitrogens with zero attached hydrogens (tertiary/aromatic N) is 1. The SMILES string of the molecule is O=C(NCc1ccccc1)c1ccccc1C(=O)c1ncc[nH]1. The van der Waals surface area contributed by atoms with E-state index in [1.54, 1.807) is 30.5 Å². The molecule has 2 aromatic carbocycles. The second-order valence-corrected chi connectivity index (χ2v) is 4.98. The van der Waals surface area contributed by atoms with E-state index in [4.69, 9.17) is 0 Å². The summed E-state index contributed by atoms with van der Waals surface area (Å²) >= 11 is 0. The first kappa shape index (κ1) is 14.7. The van der Waals surface area contributed by atoms with E-state index in [0.717, 1.165) is 5.56 Å². The van der Waals surface area contributed by atoms with Gasteiger partial charge in [-0.2, -0.15) is 0 Å². The summed E-state index contributed by atoms with van der Waals surface area (Å²) in [6, 6.07) is 16.3. The third kappa shape index (κ3) is 3.35. The number of hydrogen-bond donors (Lipinski definition) is 2. The molecule has 0 unspecified atom stereocenters. The Morgan fingerprint density at radius 3 is 2.35 bits per heavy atom. The number of H-pyrrole nitrogens is 1. The zero-order valence-electron chi connectivity index (χ0n) is 12.3. The maximum atomic E-state index is 12.4. The number of amides is 1. The Morgan fingerprint density at radius 1 is 0.957 bits per heavy atom. The van der Waals surface area contributed by atoms with Crippen LogP contribution >= 0.6 is 0 Å². The number of nitrogens with one attached hydrogen (secondary N) is 2. The molecule has 3 rings (SSSR count). The third-order valence-electron chi connectivity index (χ3n) is 3.43. The molecule has 3 aromatic rings. The lowest BCUT2D eigenvalue weighted by molar-refractivity contribution is 0.0938. The quantitative estimate of drug-likeness (QED) is 0.711. The van der Waals surface area contributed by atoms with E-state index < -0.39 is 0 Å². The normalized spacial score (nSPS) is 10.3. The zero-order chi connectivity index (χ0) is 16.1. The maximum Gasteiger partial charge on any atom is 0.252 e. The van der Waals surface area contributed by atoms with Crippen molar-refractivity contribution >= 4 is 11.7 Å². The summed E-state index contributed by atoms with van der Waals surface area (Å²) < 4.78 is 0. The molecule has 0 saturated heterocycles. The van der Waals surface area contributed by atoms with Crippen LogP contribution in [0.3, 0.4) is 0 Å². The summed E-state index contributed by atoms with van der Waals surface area (Å²) in [6.07, 6.45) is 3.08. The Hall–Kier alpha value is -3.21. The molecule has 1 amide bonds. The molecule has 0 fully saturated rings. The van der Waals surface area contributed by atoms with E-state index in [2.05, 4.69) is 15.3 Å². The predicted octanol–water partition coefficient (Wildman–Crippen LogP) is 2.57. The van der Waals surface area contributed by atoms with Gasteiger partial charge in [0.15, 0.2) is 5.82 Å². The lowest BCUT2D eigenvalue weighted by Gasteiger charge is -2.09. The Morgan fingerprint density at radius 2 is 1.65 bits per heavy atom. The molecule has 23 heavy (non-hydrogen) atoms. The highest BCUT2D eigenvalue weighted by Gasteiger charge is 2.19. The molecule has 0 radical (unpaired) electrons. The standard InChI is InChI=1S/C18H15N3O2/c22-16(17-19-10-11-20-17)14-8-4-5-9-15(14)18(23)21-12-13-6-2-1-3-7-13/h1-11H,12H2,(H,19,20)(H,21,23). The molecule has 1 heterocycles. The van der Waals surface area contributed by atoms with E-state index in [-0.39, 0.29) is 17.5 Å². The topological polar surface area (TPSA) is 74.8 Å². The van der Waals surface area contributed by atoms with E-state index in [1.807, 2.05) is 30.3 Å². The summed E-state index contributed by atoms with van der Waals surface area (Å²) in [7, 11) is 0. The monoisotopic (exact) mass is 305 g/mol. The smallest absolute Gasteiger partial charge is 0.252 e. The molecule has 5 heteroatoms. The Balaban J connectivity index is 1.80. The largest absolute Gasteiger partial charge is 0.348 e. The molecule has 0 aliphatic rings.